The minimum atomic E-state index is -1.09. The Morgan fingerprint density at radius 1 is 1.42 bits per heavy atom. The van der Waals surface area contributed by atoms with Gasteiger partial charge in [-0.25, -0.2) is 9.78 Å². The molecule has 0 bridgehead atoms. The van der Waals surface area contributed by atoms with Crippen LogP contribution in [0.4, 0.5) is 0 Å². The number of carboxylic acid groups (broad SMARTS) is 1. The number of H-pyrrole nitrogens is 1. The molecule has 1 aromatic carbocycles. The highest BCUT2D eigenvalue weighted by atomic mass is 35.5. The molecular weight excluding hydrogens is 352 g/mol. The van der Waals surface area contributed by atoms with Crippen LogP contribution < -0.4 is 10.3 Å². The second-order valence-corrected chi connectivity index (χ2v) is 6.55. The zero-order valence-corrected chi connectivity index (χ0v) is 14.2. The lowest BCUT2D eigenvalue weighted by Crippen LogP contribution is -2.10. The molecule has 0 radical (unpaired) electrons. The van der Waals surface area contributed by atoms with Crippen LogP contribution in [0.5, 0.6) is 5.75 Å². The fourth-order valence-corrected chi connectivity index (χ4v) is 3.40. The number of carboxylic acids is 1. The van der Waals surface area contributed by atoms with Crippen molar-refractivity contribution in [2.75, 3.05) is 6.61 Å². The maximum absolute atomic E-state index is 12.2. The predicted molar refractivity (Wildman–Crippen MR) is 93.2 cm³/mol. The van der Waals surface area contributed by atoms with Crippen LogP contribution in [0.1, 0.15) is 11.8 Å². The van der Waals surface area contributed by atoms with E-state index in [9.17, 15) is 9.59 Å². The lowest BCUT2D eigenvalue weighted by atomic mass is 10.2. The van der Waals surface area contributed by atoms with E-state index in [1.807, 2.05) is 13.0 Å². The zero-order chi connectivity index (χ0) is 17.3. The van der Waals surface area contributed by atoms with E-state index in [1.54, 1.807) is 18.2 Å². The number of halogens is 1. The third-order valence-corrected chi connectivity index (χ3v) is 4.83. The first kappa shape index (κ1) is 16.5. The van der Waals surface area contributed by atoms with E-state index in [0.29, 0.717) is 21.6 Å². The predicted octanol–water partition coefficient (Wildman–Crippen LogP) is 3.33. The van der Waals surface area contributed by atoms with Gasteiger partial charge in [-0.3, -0.25) is 4.79 Å². The van der Waals surface area contributed by atoms with Crippen LogP contribution in [-0.4, -0.2) is 27.7 Å². The minimum absolute atomic E-state index is 0.201. The van der Waals surface area contributed by atoms with Crippen LogP contribution in [0, 0.1) is 0 Å². The van der Waals surface area contributed by atoms with Gasteiger partial charge in [0.1, 0.15) is 16.4 Å². The van der Waals surface area contributed by atoms with Crippen molar-refractivity contribution >= 4 is 39.1 Å². The summed E-state index contributed by atoms with van der Waals surface area (Å²) in [6, 6.07) is 6.65. The van der Waals surface area contributed by atoms with Crippen molar-refractivity contribution in [2.24, 2.45) is 0 Å². The summed E-state index contributed by atoms with van der Waals surface area (Å²) < 4.78 is 5.08. The number of fused-ring (bicyclic) bond motifs is 1. The molecule has 0 spiro atoms. The van der Waals surface area contributed by atoms with Crippen LogP contribution in [0.15, 0.2) is 29.1 Å². The van der Waals surface area contributed by atoms with Gasteiger partial charge >= 0.3 is 5.97 Å². The van der Waals surface area contributed by atoms with Gasteiger partial charge in [0.25, 0.3) is 5.56 Å². The quantitative estimate of drug-likeness (QED) is 0.724. The van der Waals surface area contributed by atoms with Crippen LogP contribution in [0.3, 0.4) is 0 Å². The fraction of sp³-hybridized carbons (Fsp3) is 0.188. The summed E-state index contributed by atoms with van der Waals surface area (Å²) in [5.74, 6) is -0.421. The Morgan fingerprint density at radius 2 is 2.21 bits per heavy atom. The molecule has 0 unspecified atom stereocenters. The molecule has 3 rings (SSSR count). The molecule has 124 valence electrons. The fourth-order valence-electron chi connectivity index (χ4n) is 2.20. The monoisotopic (exact) mass is 364 g/mol. The Morgan fingerprint density at radius 3 is 2.88 bits per heavy atom. The summed E-state index contributed by atoms with van der Waals surface area (Å²) in [6.45, 7) is 1.55. The zero-order valence-electron chi connectivity index (χ0n) is 12.6. The van der Waals surface area contributed by atoms with Gasteiger partial charge in [-0.05, 0) is 30.7 Å². The summed E-state index contributed by atoms with van der Waals surface area (Å²) in [5, 5.41) is 9.46. The number of benzene rings is 1. The first-order chi connectivity index (χ1) is 11.5. The average molecular weight is 365 g/mol. The first-order valence-corrected chi connectivity index (χ1v) is 8.34. The second kappa shape index (κ2) is 6.62. The number of nitrogens with zero attached hydrogens (tertiary/aromatic N) is 1. The number of rotatable bonds is 5. The van der Waals surface area contributed by atoms with E-state index < -0.39 is 12.6 Å². The topological polar surface area (TPSA) is 92.3 Å². The van der Waals surface area contributed by atoms with Crippen LogP contribution in [0.25, 0.3) is 21.6 Å². The Hall–Kier alpha value is -2.38. The van der Waals surface area contributed by atoms with Crippen LogP contribution >= 0.6 is 22.9 Å². The molecule has 0 aliphatic heterocycles. The number of nitrogens with one attached hydrogen (secondary N) is 1. The molecule has 24 heavy (non-hydrogen) atoms. The van der Waals surface area contributed by atoms with Crippen molar-refractivity contribution in [3.05, 3.63) is 44.5 Å². The number of thiophene rings is 1. The number of hydrogen-bond donors (Lipinski definition) is 2. The van der Waals surface area contributed by atoms with E-state index in [2.05, 4.69) is 9.97 Å². The van der Waals surface area contributed by atoms with Crippen molar-refractivity contribution in [3.63, 3.8) is 0 Å². The average Bonchev–Trinajstić information content (AvgIpc) is 2.97. The van der Waals surface area contributed by atoms with Gasteiger partial charge < -0.3 is 14.8 Å². The maximum atomic E-state index is 12.2. The molecule has 0 aliphatic carbocycles. The van der Waals surface area contributed by atoms with Gasteiger partial charge in [0, 0.05) is 10.4 Å². The third-order valence-electron chi connectivity index (χ3n) is 3.36. The number of aromatic nitrogens is 2. The van der Waals surface area contributed by atoms with Gasteiger partial charge in [0.15, 0.2) is 6.61 Å². The molecule has 3 aromatic rings. The molecule has 2 heterocycles. The van der Waals surface area contributed by atoms with Crippen molar-refractivity contribution in [2.45, 2.75) is 13.3 Å². The molecule has 0 saturated carbocycles. The van der Waals surface area contributed by atoms with Crippen molar-refractivity contribution < 1.29 is 14.6 Å². The van der Waals surface area contributed by atoms with E-state index in [0.717, 1.165) is 11.3 Å². The Bertz CT molecular complexity index is 980. The van der Waals surface area contributed by atoms with E-state index in [4.69, 9.17) is 21.4 Å². The number of hydrogen-bond acceptors (Lipinski definition) is 5. The number of aryl methyl sites for hydroxylation is 1. The highest BCUT2D eigenvalue weighted by Crippen LogP contribution is 2.30. The van der Waals surface area contributed by atoms with Crippen LogP contribution in [-0.2, 0) is 11.2 Å². The molecule has 0 aliphatic rings. The first-order valence-electron chi connectivity index (χ1n) is 7.15. The summed E-state index contributed by atoms with van der Waals surface area (Å²) >= 11 is 7.60. The van der Waals surface area contributed by atoms with Gasteiger partial charge in [-0.15, -0.1) is 11.3 Å². The molecular formula is C16H13ClN2O4S. The second-order valence-electron chi connectivity index (χ2n) is 5.03. The third kappa shape index (κ3) is 3.27. The molecule has 8 heteroatoms. The van der Waals surface area contributed by atoms with E-state index in [-0.39, 0.29) is 16.3 Å². The number of ether oxygens (including phenoxy) is 1. The molecule has 0 fully saturated rings. The Kier molecular flexibility index (Phi) is 4.55. The van der Waals surface area contributed by atoms with Gasteiger partial charge in [0.05, 0.1) is 10.4 Å². The van der Waals surface area contributed by atoms with Gasteiger partial charge in [-0.1, -0.05) is 18.5 Å². The lowest BCUT2D eigenvalue weighted by Gasteiger charge is -2.07. The minimum Gasteiger partial charge on any atom is -0.480 e. The summed E-state index contributed by atoms with van der Waals surface area (Å²) in [4.78, 5) is 31.8. The van der Waals surface area contributed by atoms with E-state index >= 15 is 0 Å². The lowest BCUT2D eigenvalue weighted by molar-refractivity contribution is -0.139. The number of aromatic amines is 1. The molecule has 2 aromatic heterocycles. The van der Waals surface area contributed by atoms with Crippen LogP contribution in [0.2, 0.25) is 5.02 Å². The standard InChI is InChI=1S/C16H13ClN2O4S/c1-2-9-6-10-15(22)18-14(19-16(10)24-9)8-3-4-12(11(17)5-8)23-7-13(20)21/h3-6H,2,7H2,1H3,(H,20,21)(H,18,19,22). The van der Waals surface area contributed by atoms with Crippen molar-refractivity contribution in [1.82, 2.24) is 9.97 Å². The van der Waals surface area contributed by atoms with Gasteiger partial charge in [0.2, 0.25) is 0 Å². The normalized spacial score (nSPS) is 10.9. The number of carbonyl (C=O) groups is 1. The van der Waals surface area contributed by atoms with E-state index in [1.165, 1.54) is 11.3 Å². The summed E-state index contributed by atoms with van der Waals surface area (Å²) in [6.07, 6.45) is 0.844. The Balaban J connectivity index is 1.99. The highest BCUT2D eigenvalue weighted by molar-refractivity contribution is 7.18. The number of aliphatic carboxylic acids is 1. The van der Waals surface area contributed by atoms with Gasteiger partial charge in [-0.2, -0.15) is 0 Å². The summed E-state index contributed by atoms with van der Waals surface area (Å²) in [7, 11) is 0. The van der Waals surface area contributed by atoms with Crippen molar-refractivity contribution in [1.29, 1.82) is 0 Å². The molecule has 0 saturated heterocycles. The summed E-state index contributed by atoms with van der Waals surface area (Å²) in [5.41, 5.74) is 0.418. The highest BCUT2D eigenvalue weighted by Gasteiger charge is 2.12. The largest absolute Gasteiger partial charge is 0.480 e. The molecule has 0 amide bonds. The SMILES string of the molecule is CCc1cc2c(=O)[nH]c(-c3ccc(OCC(=O)O)c(Cl)c3)nc2s1. The molecule has 2 N–H and O–H groups in total. The van der Waals surface area contributed by atoms with Crippen molar-refractivity contribution in [3.8, 4) is 17.1 Å². The maximum Gasteiger partial charge on any atom is 0.341 e. The Labute approximate surface area is 145 Å². The smallest absolute Gasteiger partial charge is 0.341 e. The molecule has 0 atom stereocenters. The molecule has 6 nitrogen and oxygen atoms in total.